The smallest absolute Gasteiger partial charge is 0.193 e. The van der Waals surface area contributed by atoms with E-state index in [-0.39, 0.29) is 24.0 Å². The minimum Gasteiger partial charge on any atom is -0.356 e. The van der Waals surface area contributed by atoms with Gasteiger partial charge < -0.3 is 19.7 Å². The van der Waals surface area contributed by atoms with Gasteiger partial charge in [0, 0.05) is 39.6 Å². The normalized spacial score (nSPS) is 15.6. The van der Waals surface area contributed by atoms with Gasteiger partial charge in [0.1, 0.15) is 0 Å². The van der Waals surface area contributed by atoms with Gasteiger partial charge in [-0.25, -0.2) is 0 Å². The molecule has 7 heteroatoms. The number of rotatable bonds is 8. The topological polar surface area (TPSA) is 35.8 Å². The predicted molar refractivity (Wildman–Crippen MR) is 123 cm³/mol. The van der Waals surface area contributed by atoms with Gasteiger partial charge in [-0.05, 0) is 51.4 Å². The van der Waals surface area contributed by atoms with Crippen molar-refractivity contribution >= 4 is 41.5 Å². The number of halogens is 2. The number of piperidine rings is 1. The molecular weight excluding hydrogens is 461 g/mol. The maximum atomic E-state index is 6.06. The average molecular weight is 496 g/mol. The fraction of sp³-hybridized carbons (Fsp3) is 0.737. The SMILES string of the molecule is CN=C(NCCCCCN1CCCCC1)N(C)Cc1cc(Cl)cn1C.I. The zero-order valence-corrected chi connectivity index (χ0v) is 19.6. The zero-order valence-electron chi connectivity index (χ0n) is 16.5. The summed E-state index contributed by atoms with van der Waals surface area (Å²) in [6.07, 6.45) is 9.89. The predicted octanol–water partition coefficient (Wildman–Crippen LogP) is 3.96. The molecule has 0 radical (unpaired) electrons. The number of hydrogen-bond acceptors (Lipinski definition) is 2. The quantitative estimate of drug-likeness (QED) is 0.257. The fourth-order valence-electron chi connectivity index (χ4n) is 3.45. The number of aromatic nitrogens is 1. The van der Waals surface area contributed by atoms with Gasteiger partial charge in [-0.15, -0.1) is 24.0 Å². The molecule has 1 N–H and O–H groups in total. The van der Waals surface area contributed by atoms with Crippen LogP contribution in [0.4, 0.5) is 0 Å². The molecule has 1 aromatic rings. The van der Waals surface area contributed by atoms with Crippen molar-refractivity contribution in [2.75, 3.05) is 40.3 Å². The van der Waals surface area contributed by atoms with Crippen molar-refractivity contribution in [3.05, 3.63) is 23.0 Å². The van der Waals surface area contributed by atoms with E-state index in [2.05, 4.69) is 31.7 Å². The highest BCUT2D eigenvalue weighted by Gasteiger charge is 2.10. The second kappa shape index (κ2) is 12.8. The van der Waals surface area contributed by atoms with E-state index >= 15 is 0 Å². The summed E-state index contributed by atoms with van der Waals surface area (Å²) in [4.78, 5) is 9.15. The lowest BCUT2D eigenvalue weighted by molar-refractivity contribution is 0.224. The standard InChI is InChI=1S/C19H34ClN5.HI/c1-21-19(24(3)16-18-14-17(20)15-23(18)2)22-10-6-4-7-11-25-12-8-5-9-13-25;/h14-15H,4-13,16H2,1-3H3,(H,21,22);1H. The molecule has 0 aromatic carbocycles. The van der Waals surface area contributed by atoms with Crippen LogP contribution in [0, 0.1) is 0 Å². The van der Waals surface area contributed by atoms with Gasteiger partial charge in [-0.2, -0.15) is 0 Å². The lowest BCUT2D eigenvalue weighted by Gasteiger charge is -2.26. The molecule has 0 saturated carbocycles. The molecule has 150 valence electrons. The third kappa shape index (κ3) is 8.05. The molecular formula is C19H35ClIN5. The Morgan fingerprint density at radius 2 is 1.96 bits per heavy atom. The maximum absolute atomic E-state index is 6.06. The molecule has 1 aromatic heterocycles. The van der Waals surface area contributed by atoms with Crippen molar-refractivity contribution < 1.29 is 0 Å². The number of nitrogens with one attached hydrogen (secondary N) is 1. The van der Waals surface area contributed by atoms with Crippen LogP contribution in [0.15, 0.2) is 17.3 Å². The number of aliphatic imine (C=N–C) groups is 1. The summed E-state index contributed by atoms with van der Waals surface area (Å²) in [5.74, 6) is 0.938. The minimum absolute atomic E-state index is 0. The molecule has 1 aliphatic rings. The van der Waals surface area contributed by atoms with Crippen LogP contribution in [-0.2, 0) is 13.6 Å². The summed E-state index contributed by atoms with van der Waals surface area (Å²) < 4.78 is 2.06. The number of guanidine groups is 1. The van der Waals surface area contributed by atoms with Gasteiger partial charge in [0.05, 0.1) is 11.6 Å². The average Bonchev–Trinajstić information content (AvgIpc) is 2.92. The van der Waals surface area contributed by atoms with E-state index in [4.69, 9.17) is 11.6 Å². The number of nitrogens with zero attached hydrogens (tertiary/aromatic N) is 4. The molecule has 5 nitrogen and oxygen atoms in total. The van der Waals surface area contributed by atoms with Crippen molar-refractivity contribution in [2.45, 2.75) is 45.1 Å². The molecule has 26 heavy (non-hydrogen) atoms. The maximum Gasteiger partial charge on any atom is 0.193 e. The Hall–Kier alpha value is -0.470. The molecule has 2 rings (SSSR count). The fourth-order valence-corrected chi connectivity index (χ4v) is 3.72. The molecule has 1 saturated heterocycles. The van der Waals surface area contributed by atoms with E-state index < -0.39 is 0 Å². The van der Waals surface area contributed by atoms with Crippen LogP contribution >= 0.6 is 35.6 Å². The van der Waals surface area contributed by atoms with E-state index in [1.54, 1.807) is 0 Å². The van der Waals surface area contributed by atoms with Crippen LogP contribution in [-0.4, -0.2) is 60.6 Å². The number of unbranched alkanes of at least 4 members (excludes halogenated alkanes) is 2. The van der Waals surface area contributed by atoms with Gasteiger partial charge in [-0.1, -0.05) is 24.4 Å². The van der Waals surface area contributed by atoms with Crippen LogP contribution in [0.2, 0.25) is 5.02 Å². The third-order valence-electron chi connectivity index (χ3n) is 4.93. The van der Waals surface area contributed by atoms with Crippen molar-refractivity contribution in [2.24, 2.45) is 12.0 Å². The van der Waals surface area contributed by atoms with Crippen LogP contribution < -0.4 is 5.32 Å². The summed E-state index contributed by atoms with van der Waals surface area (Å²) in [6, 6.07) is 2.01. The minimum atomic E-state index is 0. The van der Waals surface area contributed by atoms with Crippen LogP contribution in [0.25, 0.3) is 0 Å². The Bertz CT molecular complexity index is 540. The number of likely N-dealkylation sites (tertiary alicyclic amines) is 1. The van der Waals surface area contributed by atoms with Gasteiger partial charge in [0.2, 0.25) is 0 Å². The van der Waals surface area contributed by atoms with E-state index in [0.717, 1.165) is 24.1 Å². The van der Waals surface area contributed by atoms with Gasteiger partial charge in [0.15, 0.2) is 5.96 Å². The lowest BCUT2D eigenvalue weighted by Crippen LogP contribution is -2.39. The third-order valence-corrected chi connectivity index (χ3v) is 5.14. The van der Waals surface area contributed by atoms with Gasteiger partial charge in [0.25, 0.3) is 0 Å². The van der Waals surface area contributed by atoms with Gasteiger partial charge in [-0.3, -0.25) is 4.99 Å². The Morgan fingerprint density at radius 1 is 1.23 bits per heavy atom. The molecule has 0 unspecified atom stereocenters. The summed E-state index contributed by atoms with van der Waals surface area (Å²) in [5.41, 5.74) is 1.18. The zero-order chi connectivity index (χ0) is 18.1. The van der Waals surface area contributed by atoms with Crippen LogP contribution in [0.3, 0.4) is 0 Å². The molecule has 1 aliphatic heterocycles. The first kappa shape index (κ1) is 23.6. The largest absolute Gasteiger partial charge is 0.356 e. The first-order valence-corrected chi connectivity index (χ1v) is 9.93. The molecule has 0 bridgehead atoms. The Balaban J connectivity index is 0.00000338. The van der Waals surface area contributed by atoms with Crippen LogP contribution in [0.5, 0.6) is 0 Å². The first-order valence-electron chi connectivity index (χ1n) is 9.55. The molecule has 0 amide bonds. The van der Waals surface area contributed by atoms with E-state index in [9.17, 15) is 0 Å². The summed E-state index contributed by atoms with van der Waals surface area (Å²) >= 11 is 6.06. The van der Waals surface area contributed by atoms with Crippen molar-refractivity contribution in [1.29, 1.82) is 0 Å². The summed E-state index contributed by atoms with van der Waals surface area (Å²) in [5, 5.41) is 4.25. The number of aryl methyl sites for hydroxylation is 1. The molecule has 2 heterocycles. The first-order chi connectivity index (χ1) is 12.1. The molecule has 0 atom stereocenters. The second-order valence-corrected chi connectivity index (χ2v) is 7.49. The summed E-state index contributed by atoms with van der Waals surface area (Å²) in [7, 11) is 5.92. The van der Waals surface area contributed by atoms with E-state index in [1.165, 1.54) is 63.9 Å². The Kier molecular flexibility index (Phi) is 11.6. The van der Waals surface area contributed by atoms with Crippen LogP contribution in [0.1, 0.15) is 44.2 Å². The summed E-state index contributed by atoms with van der Waals surface area (Å²) in [6.45, 7) is 5.64. The highest BCUT2D eigenvalue weighted by atomic mass is 127. The Morgan fingerprint density at radius 3 is 2.58 bits per heavy atom. The Labute approximate surface area is 181 Å². The highest BCUT2D eigenvalue weighted by Crippen LogP contribution is 2.14. The monoisotopic (exact) mass is 495 g/mol. The van der Waals surface area contributed by atoms with E-state index in [1.807, 2.05) is 26.4 Å². The van der Waals surface area contributed by atoms with Crippen molar-refractivity contribution in [3.8, 4) is 0 Å². The molecule has 1 fully saturated rings. The van der Waals surface area contributed by atoms with Crippen molar-refractivity contribution in [1.82, 2.24) is 19.7 Å². The second-order valence-electron chi connectivity index (χ2n) is 7.05. The number of hydrogen-bond donors (Lipinski definition) is 1. The lowest BCUT2D eigenvalue weighted by atomic mass is 10.1. The van der Waals surface area contributed by atoms with Crippen molar-refractivity contribution in [3.63, 3.8) is 0 Å². The van der Waals surface area contributed by atoms with Gasteiger partial charge >= 0.3 is 0 Å². The highest BCUT2D eigenvalue weighted by molar-refractivity contribution is 14.0. The van der Waals surface area contributed by atoms with E-state index in [0.29, 0.717) is 0 Å². The molecule has 0 aliphatic carbocycles. The molecule has 0 spiro atoms.